The maximum absolute atomic E-state index is 12.3. The van der Waals surface area contributed by atoms with Gasteiger partial charge in [0.2, 0.25) is 0 Å². The van der Waals surface area contributed by atoms with E-state index in [1.165, 1.54) is 0 Å². The van der Waals surface area contributed by atoms with Crippen molar-refractivity contribution < 1.29 is 14.3 Å². The molecule has 0 aromatic heterocycles. The molecule has 2 fully saturated rings. The fourth-order valence-corrected chi connectivity index (χ4v) is 2.61. The first-order chi connectivity index (χ1) is 9.84. The van der Waals surface area contributed by atoms with Gasteiger partial charge in [0.1, 0.15) is 24.4 Å². The van der Waals surface area contributed by atoms with Crippen molar-refractivity contribution in [3.8, 4) is 0 Å². The van der Waals surface area contributed by atoms with Crippen molar-refractivity contribution in [2.24, 2.45) is 0 Å². The summed E-state index contributed by atoms with van der Waals surface area (Å²) < 4.78 is 11.0. The summed E-state index contributed by atoms with van der Waals surface area (Å²) in [5, 5.41) is 0. The molecule has 2 saturated heterocycles. The molecule has 0 unspecified atom stereocenters. The van der Waals surface area contributed by atoms with Gasteiger partial charge in [0.05, 0.1) is 0 Å². The van der Waals surface area contributed by atoms with E-state index in [4.69, 9.17) is 9.47 Å². The van der Waals surface area contributed by atoms with Gasteiger partial charge in [0.15, 0.2) is 5.78 Å². The summed E-state index contributed by atoms with van der Waals surface area (Å²) in [5.41, 5.74) is 2.12. The largest absolute Gasteiger partial charge is 0.356 e. The van der Waals surface area contributed by atoms with Crippen molar-refractivity contribution in [2.75, 3.05) is 0 Å². The monoisotopic (exact) mass is 266 g/mol. The average molecular weight is 266 g/mol. The molecule has 0 radical (unpaired) electrons. The third kappa shape index (κ3) is 2.05. The van der Waals surface area contributed by atoms with Crippen molar-refractivity contribution in [1.82, 2.24) is 0 Å². The zero-order valence-electron chi connectivity index (χ0n) is 10.8. The zero-order valence-corrected chi connectivity index (χ0v) is 10.8. The predicted octanol–water partition coefficient (Wildman–Crippen LogP) is 2.84. The summed E-state index contributed by atoms with van der Waals surface area (Å²) >= 11 is 0. The highest BCUT2D eigenvalue weighted by atomic mass is 16.6. The lowest BCUT2D eigenvalue weighted by atomic mass is 10.0. The Morgan fingerprint density at radius 2 is 1.10 bits per heavy atom. The summed E-state index contributed by atoms with van der Waals surface area (Å²) in [7, 11) is 0. The molecule has 2 aromatic rings. The Morgan fingerprint density at radius 3 is 1.50 bits per heavy atom. The van der Waals surface area contributed by atoms with E-state index in [0.29, 0.717) is 0 Å². The van der Waals surface area contributed by atoms with Gasteiger partial charge in [0.25, 0.3) is 0 Å². The van der Waals surface area contributed by atoms with Crippen LogP contribution in [0.1, 0.15) is 23.3 Å². The summed E-state index contributed by atoms with van der Waals surface area (Å²) in [6.45, 7) is 0. The molecule has 0 N–H and O–H groups in total. The first-order valence-corrected chi connectivity index (χ1v) is 6.79. The van der Waals surface area contributed by atoms with Crippen molar-refractivity contribution in [3.05, 3.63) is 71.8 Å². The van der Waals surface area contributed by atoms with Crippen LogP contribution in [0.25, 0.3) is 0 Å². The summed E-state index contributed by atoms with van der Waals surface area (Å²) in [4.78, 5) is 12.3. The van der Waals surface area contributed by atoms with Crippen LogP contribution in [-0.4, -0.2) is 18.0 Å². The van der Waals surface area contributed by atoms with Gasteiger partial charge in [-0.1, -0.05) is 60.7 Å². The third-order valence-corrected chi connectivity index (χ3v) is 3.80. The van der Waals surface area contributed by atoms with Gasteiger partial charge in [-0.25, -0.2) is 0 Å². The summed E-state index contributed by atoms with van der Waals surface area (Å²) in [6, 6.07) is 19.7. The molecule has 0 aliphatic carbocycles. The van der Waals surface area contributed by atoms with E-state index < -0.39 is 0 Å². The van der Waals surface area contributed by atoms with Gasteiger partial charge < -0.3 is 9.47 Å². The van der Waals surface area contributed by atoms with Crippen LogP contribution >= 0.6 is 0 Å². The molecule has 0 spiro atoms. The predicted molar refractivity (Wildman–Crippen MR) is 73.1 cm³/mol. The number of hydrogen-bond acceptors (Lipinski definition) is 3. The summed E-state index contributed by atoms with van der Waals surface area (Å²) in [6.07, 6.45) is -0.860. The maximum atomic E-state index is 12.3. The topological polar surface area (TPSA) is 42.1 Å². The van der Waals surface area contributed by atoms with Crippen LogP contribution in [0.5, 0.6) is 0 Å². The number of rotatable bonds is 4. The lowest BCUT2D eigenvalue weighted by Crippen LogP contribution is -2.15. The fraction of sp³-hybridized carbons (Fsp3) is 0.235. The van der Waals surface area contributed by atoms with Crippen molar-refractivity contribution in [2.45, 2.75) is 24.4 Å². The highest BCUT2D eigenvalue weighted by Crippen LogP contribution is 2.46. The lowest BCUT2D eigenvalue weighted by Gasteiger charge is -1.95. The van der Waals surface area contributed by atoms with Gasteiger partial charge in [-0.2, -0.15) is 0 Å². The molecule has 3 nitrogen and oxygen atoms in total. The van der Waals surface area contributed by atoms with Gasteiger partial charge in [-0.3, -0.25) is 4.79 Å². The lowest BCUT2D eigenvalue weighted by molar-refractivity contribution is -0.121. The Kier molecular flexibility index (Phi) is 2.69. The van der Waals surface area contributed by atoms with E-state index in [9.17, 15) is 4.79 Å². The number of epoxide rings is 2. The molecule has 3 heteroatoms. The molecule has 20 heavy (non-hydrogen) atoms. The van der Waals surface area contributed by atoms with Crippen molar-refractivity contribution in [1.29, 1.82) is 0 Å². The minimum absolute atomic E-state index is 0.0627. The molecule has 0 amide bonds. The number of carbonyl (C=O) groups is 1. The molecule has 100 valence electrons. The molecule has 0 saturated carbocycles. The van der Waals surface area contributed by atoms with Crippen LogP contribution in [0.4, 0.5) is 0 Å². The van der Waals surface area contributed by atoms with E-state index in [1.807, 2.05) is 60.7 Å². The van der Waals surface area contributed by atoms with Gasteiger partial charge >= 0.3 is 0 Å². The Morgan fingerprint density at radius 1 is 0.700 bits per heavy atom. The van der Waals surface area contributed by atoms with Crippen LogP contribution in [0, 0.1) is 0 Å². The van der Waals surface area contributed by atoms with E-state index in [1.54, 1.807) is 0 Å². The second-order valence-corrected chi connectivity index (χ2v) is 5.18. The molecule has 4 atom stereocenters. The van der Waals surface area contributed by atoms with Crippen molar-refractivity contribution in [3.63, 3.8) is 0 Å². The number of ketones is 1. The number of Topliss-reactive ketones (excluding diaryl/α,β-unsaturated/α-hetero) is 1. The second-order valence-electron chi connectivity index (χ2n) is 5.18. The Labute approximate surface area is 117 Å². The van der Waals surface area contributed by atoms with Gasteiger partial charge in [-0.15, -0.1) is 0 Å². The van der Waals surface area contributed by atoms with Crippen LogP contribution in [0.15, 0.2) is 60.7 Å². The van der Waals surface area contributed by atoms with Crippen LogP contribution in [0.3, 0.4) is 0 Å². The molecule has 2 aliphatic heterocycles. The average Bonchev–Trinajstić information content (AvgIpc) is 3.40. The van der Waals surface area contributed by atoms with E-state index in [0.717, 1.165) is 11.1 Å². The molecule has 0 bridgehead atoms. The number of hydrogen-bond donors (Lipinski definition) is 0. The highest BCUT2D eigenvalue weighted by molar-refractivity contribution is 5.92. The molecular formula is C17H14O3. The summed E-state index contributed by atoms with van der Waals surface area (Å²) in [5.74, 6) is 0.0627. The number of ether oxygens (including phenoxy) is 2. The maximum Gasteiger partial charge on any atom is 0.196 e. The Balaban J connectivity index is 1.42. The second kappa shape index (κ2) is 4.54. The molecule has 4 rings (SSSR count). The smallest absolute Gasteiger partial charge is 0.196 e. The van der Waals surface area contributed by atoms with Crippen LogP contribution < -0.4 is 0 Å². The highest BCUT2D eigenvalue weighted by Gasteiger charge is 2.56. The van der Waals surface area contributed by atoms with E-state index in [2.05, 4.69) is 0 Å². The SMILES string of the molecule is O=C([C@H]1O[C@@H]1c1ccccc1)[C@H]1O[C@H]1c1ccccc1. The standard InChI is InChI=1S/C17H14O3/c18-13(16-14(19-16)11-7-3-1-4-8-11)17-15(20-17)12-9-5-2-6-10-12/h1-10,14-17H/t14-,15+,16-,17-/m1/s1. The first kappa shape index (κ1) is 11.8. The Bertz CT molecular complexity index is 568. The fourth-order valence-electron chi connectivity index (χ4n) is 2.61. The first-order valence-electron chi connectivity index (χ1n) is 6.79. The van der Waals surface area contributed by atoms with Gasteiger partial charge in [0, 0.05) is 0 Å². The van der Waals surface area contributed by atoms with Crippen LogP contribution in [0.2, 0.25) is 0 Å². The number of carbonyl (C=O) groups excluding carboxylic acids is 1. The van der Waals surface area contributed by atoms with Crippen LogP contribution in [-0.2, 0) is 14.3 Å². The number of benzene rings is 2. The van der Waals surface area contributed by atoms with E-state index in [-0.39, 0.29) is 30.2 Å². The minimum atomic E-state index is -0.337. The quantitative estimate of drug-likeness (QED) is 0.799. The minimum Gasteiger partial charge on any atom is -0.356 e. The molecule has 2 aliphatic rings. The van der Waals surface area contributed by atoms with Crippen molar-refractivity contribution >= 4 is 5.78 Å². The molecular weight excluding hydrogens is 252 g/mol. The molecule has 2 heterocycles. The van der Waals surface area contributed by atoms with Gasteiger partial charge in [-0.05, 0) is 11.1 Å². The normalized spacial score (nSPS) is 30.8. The molecule has 2 aromatic carbocycles. The Hall–Kier alpha value is -1.97. The third-order valence-electron chi connectivity index (χ3n) is 3.80. The van der Waals surface area contributed by atoms with E-state index >= 15 is 0 Å². The zero-order chi connectivity index (χ0) is 13.5.